The Morgan fingerprint density at radius 2 is 1.59 bits per heavy atom. The van der Waals surface area contributed by atoms with Gasteiger partial charge in [-0.2, -0.15) is 0 Å². The van der Waals surface area contributed by atoms with Crippen LogP contribution in [0.15, 0.2) is 78.9 Å². The Morgan fingerprint density at radius 1 is 0.923 bits per heavy atom. The first-order valence-electron chi connectivity index (χ1n) is 13.5. The average molecular weight is 532 g/mol. The highest BCUT2D eigenvalue weighted by molar-refractivity contribution is 5.92. The molecule has 39 heavy (non-hydrogen) atoms. The molecule has 1 heterocycles. The Labute approximate surface area is 228 Å². The highest BCUT2D eigenvalue weighted by Crippen LogP contribution is 2.56. The molecule has 0 aromatic heterocycles. The van der Waals surface area contributed by atoms with Gasteiger partial charge < -0.3 is 15.1 Å². The summed E-state index contributed by atoms with van der Waals surface area (Å²) in [5, 5.41) is 3.22. The Kier molecular flexibility index (Phi) is 7.54. The van der Waals surface area contributed by atoms with Crippen molar-refractivity contribution in [2.45, 2.75) is 43.7 Å². The maximum atomic E-state index is 14.3. The van der Waals surface area contributed by atoms with Crippen molar-refractivity contribution in [3.8, 4) is 0 Å². The molecule has 3 aromatic carbocycles. The number of piperidine rings is 1. The fourth-order valence-electron chi connectivity index (χ4n) is 6.34. The Bertz CT molecular complexity index is 1320. The van der Waals surface area contributed by atoms with Crippen LogP contribution >= 0.6 is 0 Å². The van der Waals surface area contributed by atoms with E-state index < -0.39 is 11.0 Å². The maximum absolute atomic E-state index is 14.3. The second-order valence-electron chi connectivity index (χ2n) is 11.1. The molecule has 3 aromatic rings. The minimum atomic E-state index is -0.789. The van der Waals surface area contributed by atoms with Crippen molar-refractivity contribution in [1.29, 1.82) is 0 Å². The second kappa shape index (κ2) is 10.9. The summed E-state index contributed by atoms with van der Waals surface area (Å²) in [5.74, 6) is -0.715. The molecule has 1 saturated heterocycles. The van der Waals surface area contributed by atoms with Gasteiger partial charge >= 0.3 is 0 Å². The summed E-state index contributed by atoms with van der Waals surface area (Å²) in [6, 6.07) is 22.6. The standard InChI is InChI=1S/C32H35F2N3O2/c1-23(38)35-31(25-7-4-3-5-8-25)15-17-37(18-16-31)22-27-20-32(27,26-9-6-10-29(34)19-26)30(39)36(2)21-24-11-13-28(33)14-12-24/h3-14,19,27H,15-18,20-22H2,1-2H3,(H,35,38)/t27-,32+/m0/s1. The Balaban J connectivity index is 1.32. The van der Waals surface area contributed by atoms with Crippen LogP contribution in [0.4, 0.5) is 8.78 Å². The van der Waals surface area contributed by atoms with Crippen molar-refractivity contribution < 1.29 is 18.4 Å². The predicted molar refractivity (Wildman–Crippen MR) is 147 cm³/mol. The van der Waals surface area contributed by atoms with Crippen molar-refractivity contribution in [2.24, 2.45) is 5.92 Å². The molecule has 5 rings (SSSR count). The molecular weight excluding hydrogens is 496 g/mol. The number of hydrogen-bond acceptors (Lipinski definition) is 3. The highest BCUT2D eigenvalue weighted by atomic mass is 19.1. The number of benzene rings is 3. The van der Waals surface area contributed by atoms with Gasteiger partial charge in [0.15, 0.2) is 0 Å². The molecule has 0 spiro atoms. The van der Waals surface area contributed by atoms with Crippen LogP contribution < -0.4 is 5.32 Å². The second-order valence-corrected chi connectivity index (χ2v) is 11.1. The van der Waals surface area contributed by atoms with Crippen LogP contribution in [-0.4, -0.2) is 48.3 Å². The summed E-state index contributed by atoms with van der Waals surface area (Å²) in [6.45, 7) is 4.19. The number of rotatable bonds is 8. The van der Waals surface area contributed by atoms with E-state index in [1.165, 1.54) is 24.3 Å². The van der Waals surface area contributed by atoms with Crippen LogP contribution in [0.1, 0.15) is 42.9 Å². The van der Waals surface area contributed by atoms with E-state index in [0.29, 0.717) is 18.5 Å². The molecular formula is C32H35F2N3O2. The SMILES string of the molecule is CC(=O)NC1(c2ccccc2)CCN(C[C@@H]2C[C@@]2(C(=O)N(C)Cc2ccc(F)cc2)c2cccc(F)c2)CC1. The van der Waals surface area contributed by atoms with Gasteiger partial charge in [-0.25, -0.2) is 8.78 Å². The molecule has 1 N–H and O–H groups in total. The zero-order chi connectivity index (χ0) is 27.6. The monoisotopic (exact) mass is 531 g/mol. The fraction of sp³-hybridized carbons (Fsp3) is 0.375. The number of nitrogens with one attached hydrogen (secondary N) is 1. The first-order valence-corrected chi connectivity index (χ1v) is 13.5. The van der Waals surface area contributed by atoms with E-state index in [9.17, 15) is 18.4 Å². The zero-order valence-electron chi connectivity index (χ0n) is 22.5. The van der Waals surface area contributed by atoms with Gasteiger partial charge in [0.1, 0.15) is 11.6 Å². The van der Waals surface area contributed by atoms with Gasteiger partial charge in [0, 0.05) is 40.2 Å². The largest absolute Gasteiger partial charge is 0.347 e. The average Bonchev–Trinajstić information content (AvgIpc) is 3.65. The third kappa shape index (κ3) is 5.59. The van der Waals surface area contributed by atoms with E-state index in [4.69, 9.17) is 0 Å². The number of halogens is 2. The van der Waals surface area contributed by atoms with E-state index in [1.807, 2.05) is 24.3 Å². The first-order chi connectivity index (χ1) is 18.7. The van der Waals surface area contributed by atoms with E-state index in [-0.39, 0.29) is 29.4 Å². The fourth-order valence-corrected chi connectivity index (χ4v) is 6.34. The number of amides is 2. The molecule has 1 saturated carbocycles. The number of likely N-dealkylation sites (tertiary alicyclic amines) is 1. The van der Waals surface area contributed by atoms with E-state index >= 15 is 0 Å². The number of likely N-dealkylation sites (N-methyl/N-ethyl adjacent to an activating group) is 1. The molecule has 1 aliphatic heterocycles. The summed E-state index contributed by atoms with van der Waals surface area (Å²) < 4.78 is 27.7. The molecule has 0 unspecified atom stereocenters. The molecule has 0 bridgehead atoms. The van der Waals surface area contributed by atoms with Gasteiger partial charge in [-0.05, 0) is 66.1 Å². The van der Waals surface area contributed by atoms with Gasteiger partial charge in [0.2, 0.25) is 11.8 Å². The van der Waals surface area contributed by atoms with Gasteiger partial charge in [-0.1, -0.05) is 54.6 Å². The van der Waals surface area contributed by atoms with E-state index in [0.717, 1.165) is 43.6 Å². The highest BCUT2D eigenvalue weighted by Gasteiger charge is 2.62. The topological polar surface area (TPSA) is 52.7 Å². The van der Waals surface area contributed by atoms with E-state index in [1.54, 1.807) is 37.1 Å². The molecule has 2 fully saturated rings. The molecule has 7 heteroatoms. The number of carbonyl (C=O) groups excluding carboxylic acids is 2. The van der Waals surface area contributed by atoms with E-state index in [2.05, 4.69) is 22.3 Å². The quantitative estimate of drug-likeness (QED) is 0.445. The zero-order valence-corrected chi connectivity index (χ0v) is 22.5. The van der Waals surface area contributed by atoms with Crippen LogP contribution in [0.5, 0.6) is 0 Å². The summed E-state index contributed by atoms with van der Waals surface area (Å²) in [7, 11) is 1.75. The lowest BCUT2D eigenvalue weighted by atomic mass is 9.80. The van der Waals surface area contributed by atoms with Crippen molar-refractivity contribution >= 4 is 11.8 Å². The number of carbonyl (C=O) groups is 2. The molecule has 0 radical (unpaired) electrons. The third-order valence-electron chi connectivity index (χ3n) is 8.44. The Morgan fingerprint density at radius 3 is 2.23 bits per heavy atom. The summed E-state index contributed by atoms with van der Waals surface area (Å²) in [6.07, 6.45) is 2.19. The van der Waals surface area contributed by atoms with Gasteiger partial charge in [-0.3, -0.25) is 9.59 Å². The van der Waals surface area contributed by atoms with Crippen molar-refractivity contribution in [3.63, 3.8) is 0 Å². The first kappa shape index (κ1) is 27.0. The van der Waals surface area contributed by atoms with Crippen LogP contribution in [0.2, 0.25) is 0 Å². The lowest BCUT2D eigenvalue weighted by Gasteiger charge is -2.43. The van der Waals surface area contributed by atoms with Gasteiger partial charge in [0.25, 0.3) is 0 Å². The molecule has 5 nitrogen and oxygen atoms in total. The predicted octanol–water partition coefficient (Wildman–Crippen LogP) is 5.01. The summed E-state index contributed by atoms with van der Waals surface area (Å²) in [5.41, 5.74) is 1.46. The molecule has 2 amide bonds. The van der Waals surface area contributed by atoms with Crippen LogP contribution in [0.3, 0.4) is 0 Å². The molecule has 1 aliphatic carbocycles. The summed E-state index contributed by atoms with van der Waals surface area (Å²) in [4.78, 5) is 30.1. The number of hydrogen-bond donors (Lipinski definition) is 1. The minimum Gasteiger partial charge on any atom is -0.347 e. The smallest absolute Gasteiger partial charge is 0.233 e. The lowest BCUT2D eigenvalue weighted by Crippen LogP contribution is -2.53. The van der Waals surface area contributed by atoms with Crippen molar-refractivity contribution in [2.75, 3.05) is 26.7 Å². The number of nitrogens with zero attached hydrogens (tertiary/aromatic N) is 2. The van der Waals surface area contributed by atoms with Crippen molar-refractivity contribution in [3.05, 3.63) is 107 Å². The summed E-state index contributed by atoms with van der Waals surface area (Å²) >= 11 is 0. The molecule has 204 valence electrons. The molecule has 2 atom stereocenters. The Hall–Kier alpha value is -3.58. The van der Waals surface area contributed by atoms with Crippen LogP contribution in [0, 0.1) is 17.6 Å². The van der Waals surface area contributed by atoms with Crippen LogP contribution in [-0.2, 0) is 27.1 Å². The maximum Gasteiger partial charge on any atom is 0.233 e. The normalized spacial score (nSPS) is 22.2. The van der Waals surface area contributed by atoms with Crippen LogP contribution in [0.25, 0.3) is 0 Å². The third-order valence-corrected chi connectivity index (χ3v) is 8.44. The van der Waals surface area contributed by atoms with Gasteiger partial charge in [0.05, 0.1) is 11.0 Å². The molecule has 2 aliphatic rings. The van der Waals surface area contributed by atoms with Gasteiger partial charge in [-0.15, -0.1) is 0 Å². The minimum absolute atomic E-state index is 0.0451. The lowest BCUT2D eigenvalue weighted by molar-refractivity contribution is -0.133. The van der Waals surface area contributed by atoms with Crippen molar-refractivity contribution in [1.82, 2.24) is 15.1 Å².